The number of ether oxygens (including phenoxy) is 1. The highest BCUT2D eigenvalue weighted by atomic mass is 35.5. The van der Waals surface area contributed by atoms with E-state index in [1.165, 1.54) is 29.2 Å². The third-order valence-electron chi connectivity index (χ3n) is 4.49. The summed E-state index contributed by atoms with van der Waals surface area (Å²) >= 11 is 14.9. The van der Waals surface area contributed by atoms with Gasteiger partial charge in [0, 0.05) is 23.8 Å². The van der Waals surface area contributed by atoms with E-state index in [0.717, 1.165) is 14.6 Å². The number of aromatic nitrogens is 1. The molecule has 0 saturated carbocycles. The lowest BCUT2D eigenvalue weighted by atomic mass is 10.2. The summed E-state index contributed by atoms with van der Waals surface area (Å²) in [6.07, 6.45) is 0. The highest BCUT2D eigenvalue weighted by Crippen LogP contribution is 2.32. The number of carbonyl (C=O) groups excluding carboxylic acids is 2. The number of halogens is 2. The summed E-state index contributed by atoms with van der Waals surface area (Å²) in [4.78, 5) is 31.2. The number of hydrogen-bond donors (Lipinski definition) is 1. The van der Waals surface area contributed by atoms with Gasteiger partial charge in [-0.1, -0.05) is 35.0 Å². The van der Waals surface area contributed by atoms with Gasteiger partial charge in [0.2, 0.25) is 5.91 Å². The molecule has 2 heterocycles. The van der Waals surface area contributed by atoms with E-state index in [9.17, 15) is 9.59 Å². The summed E-state index contributed by atoms with van der Waals surface area (Å²) in [7, 11) is 0. The molecule has 30 heavy (non-hydrogen) atoms. The summed E-state index contributed by atoms with van der Waals surface area (Å²) in [5.41, 5.74) is 1.82. The Balaban J connectivity index is 1.42. The fourth-order valence-electron chi connectivity index (χ4n) is 2.94. The predicted molar refractivity (Wildman–Crippen MR) is 122 cm³/mol. The van der Waals surface area contributed by atoms with Crippen LogP contribution in [0.4, 0.5) is 5.69 Å². The second kappa shape index (κ2) is 9.53. The van der Waals surface area contributed by atoms with Crippen molar-refractivity contribution >= 4 is 74.0 Å². The van der Waals surface area contributed by atoms with E-state index in [1.807, 2.05) is 17.0 Å². The van der Waals surface area contributed by atoms with Crippen LogP contribution in [-0.4, -0.2) is 53.8 Å². The van der Waals surface area contributed by atoms with Gasteiger partial charge in [0.25, 0.3) is 5.91 Å². The minimum absolute atomic E-state index is 0.0929. The summed E-state index contributed by atoms with van der Waals surface area (Å²) in [6, 6.07) is 10.2. The molecule has 1 N–H and O–H groups in total. The van der Waals surface area contributed by atoms with Gasteiger partial charge in [0.15, 0.2) is 4.34 Å². The summed E-state index contributed by atoms with van der Waals surface area (Å²) in [5.74, 6) is 0.125. The van der Waals surface area contributed by atoms with Crippen molar-refractivity contribution in [2.45, 2.75) is 4.34 Å². The maximum Gasteiger partial charge on any atom is 0.257 e. The quantitative estimate of drug-likeness (QED) is 0.529. The molecule has 0 atom stereocenters. The monoisotopic (exact) mass is 481 g/mol. The second-order valence-electron chi connectivity index (χ2n) is 6.52. The van der Waals surface area contributed by atoms with Crippen molar-refractivity contribution in [2.24, 2.45) is 0 Å². The Morgan fingerprint density at radius 1 is 1.17 bits per heavy atom. The largest absolute Gasteiger partial charge is 0.378 e. The number of thioether (sulfide) groups is 1. The maximum atomic E-state index is 12.5. The van der Waals surface area contributed by atoms with Crippen LogP contribution in [-0.2, 0) is 9.53 Å². The molecule has 0 unspecified atom stereocenters. The minimum atomic E-state index is -0.314. The van der Waals surface area contributed by atoms with Gasteiger partial charge in [0.1, 0.15) is 0 Å². The van der Waals surface area contributed by atoms with Gasteiger partial charge < -0.3 is 15.0 Å². The number of morpholine rings is 1. The Morgan fingerprint density at radius 2 is 1.97 bits per heavy atom. The molecule has 3 aromatic rings. The molecular weight excluding hydrogens is 465 g/mol. The SMILES string of the molecule is O=C(Nc1ccc2nc(SCC(=O)N3CCOCC3)sc2c1)c1ccc(Cl)cc1Cl. The molecule has 1 aliphatic rings. The van der Waals surface area contributed by atoms with Gasteiger partial charge in [-0.15, -0.1) is 11.3 Å². The number of thiazole rings is 1. The van der Waals surface area contributed by atoms with Crippen LogP contribution in [0.3, 0.4) is 0 Å². The van der Waals surface area contributed by atoms with E-state index in [0.29, 0.717) is 53.4 Å². The molecular formula is C20H17Cl2N3O3S2. The molecule has 0 spiro atoms. The van der Waals surface area contributed by atoms with E-state index >= 15 is 0 Å². The topological polar surface area (TPSA) is 71.5 Å². The van der Waals surface area contributed by atoms with E-state index in [-0.39, 0.29) is 11.8 Å². The van der Waals surface area contributed by atoms with Crippen LogP contribution in [0.15, 0.2) is 40.7 Å². The lowest BCUT2D eigenvalue weighted by molar-refractivity contribution is -0.132. The fourth-order valence-corrected chi connectivity index (χ4v) is 5.45. The molecule has 2 amide bonds. The van der Waals surface area contributed by atoms with Crippen LogP contribution in [0, 0.1) is 0 Å². The average Bonchev–Trinajstić information content (AvgIpc) is 3.14. The number of carbonyl (C=O) groups is 2. The third-order valence-corrected chi connectivity index (χ3v) is 7.18. The number of anilines is 1. The number of amides is 2. The van der Waals surface area contributed by atoms with Crippen LogP contribution in [0.1, 0.15) is 10.4 Å². The molecule has 1 aliphatic heterocycles. The van der Waals surface area contributed by atoms with Crippen molar-refractivity contribution in [3.8, 4) is 0 Å². The number of rotatable bonds is 5. The molecule has 1 aromatic heterocycles. The second-order valence-corrected chi connectivity index (χ2v) is 9.62. The first kappa shape index (κ1) is 21.4. The minimum Gasteiger partial charge on any atom is -0.378 e. The first-order chi connectivity index (χ1) is 14.5. The Bertz CT molecular complexity index is 1100. The van der Waals surface area contributed by atoms with Crippen molar-refractivity contribution in [3.05, 3.63) is 52.0 Å². The highest BCUT2D eigenvalue weighted by molar-refractivity contribution is 8.01. The molecule has 0 bridgehead atoms. The average molecular weight is 482 g/mol. The lowest BCUT2D eigenvalue weighted by Gasteiger charge is -2.26. The molecule has 6 nitrogen and oxygen atoms in total. The molecule has 156 valence electrons. The molecule has 4 rings (SSSR count). The van der Waals surface area contributed by atoms with Crippen molar-refractivity contribution in [1.29, 1.82) is 0 Å². The lowest BCUT2D eigenvalue weighted by Crippen LogP contribution is -2.41. The van der Waals surface area contributed by atoms with Gasteiger partial charge in [0.05, 0.1) is 39.8 Å². The molecule has 1 fully saturated rings. The molecule has 0 aliphatic carbocycles. The zero-order chi connectivity index (χ0) is 21.1. The standard InChI is InChI=1S/C20H17Cl2N3O3S2/c21-12-1-3-14(15(22)9-12)19(27)23-13-2-4-16-17(10-13)30-20(24-16)29-11-18(26)25-5-7-28-8-6-25/h1-4,9-10H,5-8,11H2,(H,23,27). The van der Waals surface area contributed by atoms with E-state index in [4.69, 9.17) is 27.9 Å². The van der Waals surface area contributed by atoms with Gasteiger partial charge >= 0.3 is 0 Å². The van der Waals surface area contributed by atoms with Crippen LogP contribution < -0.4 is 5.32 Å². The zero-order valence-electron chi connectivity index (χ0n) is 15.7. The number of benzene rings is 2. The van der Waals surface area contributed by atoms with Crippen LogP contribution in [0.2, 0.25) is 10.0 Å². The maximum absolute atomic E-state index is 12.5. The van der Waals surface area contributed by atoms with Crippen molar-refractivity contribution in [1.82, 2.24) is 9.88 Å². The van der Waals surface area contributed by atoms with Crippen molar-refractivity contribution < 1.29 is 14.3 Å². The van der Waals surface area contributed by atoms with Crippen molar-refractivity contribution in [3.63, 3.8) is 0 Å². The Labute approximate surface area is 191 Å². The smallest absolute Gasteiger partial charge is 0.257 e. The molecule has 2 aromatic carbocycles. The van der Waals surface area contributed by atoms with E-state index < -0.39 is 0 Å². The Kier molecular flexibility index (Phi) is 6.80. The third kappa shape index (κ3) is 5.07. The summed E-state index contributed by atoms with van der Waals surface area (Å²) < 4.78 is 7.02. The number of fused-ring (bicyclic) bond motifs is 1. The van der Waals surface area contributed by atoms with E-state index in [2.05, 4.69) is 10.3 Å². The molecule has 1 saturated heterocycles. The first-order valence-corrected chi connectivity index (χ1v) is 11.7. The van der Waals surface area contributed by atoms with Crippen LogP contribution in [0.5, 0.6) is 0 Å². The number of nitrogens with one attached hydrogen (secondary N) is 1. The first-order valence-electron chi connectivity index (χ1n) is 9.15. The van der Waals surface area contributed by atoms with Crippen LogP contribution in [0.25, 0.3) is 10.2 Å². The molecule has 0 radical (unpaired) electrons. The van der Waals surface area contributed by atoms with Crippen LogP contribution >= 0.6 is 46.3 Å². The zero-order valence-corrected chi connectivity index (χ0v) is 18.8. The Morgan fingerprint density at radius 3 is 2.73 bits per heavy atom. The summed E-state index contributed by atoms with van der Waals surface area (Å²) in [5, 5.41) is 3.61. The normalized spacial score (nSPS) is 14.1. The Hall–Kier alpha value is -1.84. The fraction of sp³-hybridized carbons (Fsp3) is 0.250. The van der Waals surface area contributed by atoms with Crippen molar-refractivity contribution in [2.75, 3.05) is 37.4 Å². The highest BCUT2D eigenvalue weighted by Gasteiger charge is 2.18. The van der Waals surface area contributed by atoms with Gasteiger partial charge in [-0.25, -0.2) is 4.98 Å². The summed E-state index contributed by atoms with van der Waals surface area (Å²) in [6.45, 7) is 2.46. The number of hydrogen-bond acceptors (Lipinski definition) is 6. The molecule has 10 heteroatoms. The number of nitrogens with zero attached hydrogens (tertiary/aromatic N) is 2. The van der Waals surface area contributed by atoms with E-state index in [1.54, 1.807) is 18.2 Å². The van der Waals surface area contributed by atoms with Gasteiger partial charge in [-0.3, -0.25) is 9.59 Å². The van der Waals surface area contributed by atoms with Gasteiger partial charge in [-0.2, -0.15) is 0 Å². The predicted octanol–water partition coefficient (Wildman–Crippen LogP) is 4.81. The van der Waals surface area contributed by atoms with Gasteiger partial charge in [-0.05, 0) is 36.4 Å².